The number of carbonyl (C=O) groups is 1. The second kappa shape index (κ2) is 15.4. The van der Waals surface area contributed by atoms with Crippen molar-refractivity contribution in [3.05, 3.63) is 48.5 Å². The van der Waals surface area contributed by atoms with E-state index in [0.717, 1.165) is 6.29 Å². The molecule has 18 heavy (non-hydrogen) atoms. The van der Waals surface area contributed by atoms with Gasteiger partial charge in [0.25, 0.3) is 0 Å². The van der Waals surface area contributed by atoms with Gasteiger partial charge in [-0.05, 0) is 10.8 Å². The van der Waals surface area contributed by atoms with E-state index in [1.807, 2.05) is 34.6 Å². The normalized spacial score (nSPS) is 7.61. The molecule has 2 rings (SSSR count). The Kier molecular flexibility index (Phi) is 16.0. The Balaban J connectivity index is 0. The van der Waals surface area contributed by atoms with Gasteiger partial charge in [0.15, 0.2) is 0 Å². The lowest BCUT2D eigenvalue weighted by Gasteiger charge is -1.92. The van der Waals surface area contributed by atoms with Gasteiger partial charge in [0.1, 0.15) is 6.29 Å². The first-order valence-electron chi connectivity index (χ1n) is 6.76. The van der Waals surface area contributed by atoms with E-state index < -0.39 is 0 Å². The SMILES string of the molecule is CC.CC.CCC=O.c1ccc2ccccc2c1. The lowest BCUT2D eigenvalue weighted by atomic mass is 10.1. The maximum absolute atomic E-state index is 9.17. The summed E-state index contributed by atoms with van der Waals surface area (Å²) in [5.41, 5.74) is 0. The number of carbonyl (C=O) groups excluding carboxylic acids is 1. The molecule has 0 saturated carbocycles. The quantitative estimate of drug-likeness (QED) is 0.608. The van der Waals surface area contributed by atoms with Crippen molar-refractivity contribution in [1.29, 1.82) is 0 Å². The number of rotatable bonds is 1. The summed E-state index contributed by atoms with van der Waals surface area (Å²) in [4.78, 5) is 9.17. The van der Waals surface area contributed by atoms with Gasteiger partial charge in [-0.1, -0.05) is 83.1 Å². The largest absolute Gasteiger partial charge is 0.303 e. The Morgan fingerprint density at radius 3 is 1.17 bits per heavy atom. The molecule has 0 bridgehead atoms. The van der Waals surface area contributed by atoms with Gasteiger partial charge in [-0.2, -0.15) is 0 Å². The smallest absolute Gasteiger partial charge is 0.119 e. The predicted molar refractivity (Wildman–Crippen MR) is 83.0 cm³/mol. The van der Waals surface area contributed by atoms with Gasteiger partial charge in [0.05, 0.1) is 0 Å². The van der Waals surface area contributed by atoms with Crippen LogP contribution in [0.1, 0.15) is 41.0 Å². The summed E-state index contributed by atoms with van der Waals surface area (Å²) in [6.07, 6.45) is 1.51. The Morgan fingerprint density at radius 1 is 0.778 bits per heavy atom. The van der Waals surface area contributed by atoms with Crippen molar-refractivity contribution in [2.45, 2.75) is 41.0 Å². The molecule has 0 unspecified atom stereocenters. The fourth-order valence-corrected chi connectivity index (χ4v) is 1.13. The highest BCUT2D eigenvalue weighted by molar-refractivity contribution is 5.81. The lowest BCUT2D eigenvalue weighted by Crippen LogP contribution is -1.67. The van der Waals surface area contributed by atoms with Gasteiger partial charge in [-0.3, -0.25) is 0 Å². The van der Waals surface area contributed by atoms with Crippen molar-refractivity contribution in [2.75, 3.05) is 0 Å². The highest BCUT2D eigenvalue weighted by Gasteiger charge is 1.85. The maximum atomic E-state index is 9.17. The van der Waals surface area contributed by atoms with E-state index in [9.17, 15) is 4.79 Å². The minimum Gasteiger partial charge on any atom is -0.303 e. The number of hydrogen-bond donors (Lipinski definition) is 0. The first-order chi connectivity index (χ1) is 8.88. The van der Waals surface area contributed by atoms with Crippen LogP contribution in [0.4, 0.5) is 0 Å². The Labute approximate surface area is 112 Å². The summed E-state index contributed by atoms with van der Waals surface area (Å²) in [5, 5.41) is 2.62. The van der Waals surface area contributed by atoms with Crippen LogP contribution in [0.15, 0.2) is 48.5 Å². The third-order valence-electron chi connectivity index (χ3n) is 1.83. The van der Waals surface area contributed by atoms with Crippen LogP contribution in [0.25, 0.3) is 10.8 Å². The molecule has 0 atom stereocenters. The molecule has 2 aromatic carbocycles. The minimum atomic E-state index is 0.639. The lowest BCUT2D eigenvalue weighted by molar-refractivity contribution is -0.107. The average Bonchev–Trinajstić information content (AvgIpc) is 2.51. The number of hydrogen-bond acceptors (Lipinski definition) is 1. The van der Waals surface area contributed by atoms with E-state index in [1.165, 1.54) is 10.8 Å². The van der Waals surface area contributed by atoms with Crippen LogP contribution in [-0.4, -0.2) is 6.29 Å². The predicted octanol–water partition coefficient (Wildman–Crippen LogP) is 5.49. The second-order valence-electron chi connectivity index (χ2n) is 2.92. The minimum absolute atomic E-state index is 0.639. The number of fused-ring (bicyclic) bond motifs is 1. The molecule has 0 aliphatic carbocycles. The van der Waals surface area contributed by atoms with Crippen LogP contribution >= 0.6 is 0 Å². The van der Waals surface area contributed by atoms with E-state index in [1.54, 1.807) is 0 Å². The van der Waals surface area contributed by atoms with Crippen molar-refractivity contribution in [2.24, 2.45) is 0 Å². The molecule has 0 amide bonds. The van der Waals surface area contributed by atoms with Gasteiger partial charge in [-0.15, -0.1) is 0 Å². The van der Waals surface area contributed by atoms with Crippen LogP contribution in [0.3, 0.4) is 0 Å². The molecule has 0 heterocycles. The molecule has 0 spiro atoms. The van der Waals surface area contributed by atoms with Gasteiger partial charge in [-0.25, -0.2) is 0 Å². The first-order valence-corrected chi connectivity index (χ1v) is 6.76. The Bertz CT molecular complexity index is 328. The third kappa shape index (κ3) is 8.51. The molecule has 0 fully saturated rings. The molecule has 0 aromatic heterocycles. The van der Waals surface area contributed by atoms with Crippen LogP contribution < -0.4 is 0 Å². The summed E-state index contributed by atoms with van der Waals surface area (Å²) in [7, 11) is 0. The highest BCUT2D eigenvalue weighted by atomic mass is 16.1. The van der Waals surface area contributed by atoms with Crippen LogP contribution in [0.5, 0.6) is 0 Å². The molecule has 0 saturated heterocycles. The average molecular weight is 246 g/mol. The van der Waals surface area contributed by atoms with Crippen LogP contribution in [0, 0.1) is 0 Å². The number of benzene rings is 2. The van der Waals surface area contributed by atoms with Crippen molar-refractivity contribution >= 4 is 17.1 Å². The highest BCUT2D eigenvalue weighted by Crippen LogP contribution is 2.11. The van der Waals surface area contributed by atoms with E-state index in [-0.39, 0.29) is 0 Å². The summed E-state index contributed by atoms with van der Waals surface area (Å²) in [6, 6.07) is 16.7. The summed E-state index contributed by atoms with van der Waals surface area (Å²) < 4.78 is 0. The summed E-state index contributed by atoms with van der Waals surface area (Å²) >= 11 is 0. The fraction of sp³-hybridized carbons (Fsp3) is 0.353. The Morgan fingerprint density at radius 2 is 1.00 bits per heavy atom. The van der Waals surface area contributed by atoms with E-state index in [4.69, 9.17) is 0 Å². The van der Waals surface area contributed by atoms with E-state index in [2.05, 4.69) is 48.5 Å². The van der Waals surface area contributed by atoms with Gasteiger partial charge in [0, 0.05) is 6.42 Å². The standard InChI is InChI=1S/C10H8.C3H6O.2C2H6/c1-2-6-10-8-4-3-7-9(10)5-1;1-2-3-4;2*1-2/h1-8H;3H,2H2,1H3;2*1-2H3. The molecule has 0 aliphatic heterocycles. The topological polar surface area (TPSA) is 17.1 Å². The third-order valence-corrected chi connectivity index (χ3v) is 1.83. The molecule has 0 aliphatic rings. The molecular weight excluding hydrogens is 220 g/mol. The monoisotopic (exact) mass is 246 g/mol. The molecular formula is C17H26O. The zero-order valence-corrected chi connectivity index (χ0v) is 12.3. The number of aldehydes is 1. The summed E-state index contributed by atoms with van der Waals surface area (Å²) in [6.45, 7) is 9.81. The molecule has 1 heteroatoms. The van der Waals surface area contributed by atoms with Crippen molar-refractivity contribution in [3.8, 4) is 0 Å². The van der Waals surface area contributed by atoms with E-state index in [0.29, 0.717) is 6.42 Å². The van der Waals surface area contributed by atoms with Gasteiger partial charge < -0.3 is 4.79 Å². The molecule has 1 nitrogen and oxygen atoms in total. The zero-order valence-electron chi connectivity index (χ0n) is 12.3. The fourth-order valence-electron chi connectivity index (χ4n) is 1.13. The van der Waals surface area contributed by atoms with Gasteiger partial charge >= 0.3 is 0 Å². The van der Waals surface area contributed by atoms with Crippen LogP contribution in [0.2, 0.25) is 0 Å². The van der Waals surface area contributed by atoms with Crippen molar-refractivity contribution in [1.82, 2.24) is 0 Å². The second-order valence-corrected chi connectivity index (χ2v) is 2.92. The molecule has 0 radical (unpaired) electrons. The van der Waals surface area contributed by atoms with Crippen molar-refractivity contribution in [3.63, 3.8) is 0 Å². The molecule has 2 aromatic rings. The van der Waals surface area contributed by atoms with E-state index >= 15 is 0 Å². The molecule has 100 valence electrons. The van der Waals surface area contributed by atoms with Crippen molar-refractivity contribution < 1.29 is 4.79 Å². The first kappa shape index (κ1) is 18.7. The van der Waals surface area contributed by atoms with Gasteiger partial charge in [0.2, 0.25) is 0 Å². The maximum Gasteiger partial charge on any atom is 0.119 e. The zero-order chi connectivity index (χ0) is 14.2. The molecule has 0 N–H and O–H groups in total. The Hall–Kier alpha value is -1.63. The summed E-state index contributed by atoms with van der Waals surface area (Å²) in [5.74, 6) is 0. The van der Waals surface area contributed by atoms with Crippen LogP contribution in [-0.2, 0) is 4.79 Å².